The average molecular weight is 175 g/mol. The molecular weight excluding hydrogens is 162 g/mol. The Bertz CT molecular complexity index is 331. The first-order valence-corrected chi connectivity index (χ1v) is 4.23. The van der Waals surface area contributed by atoms with Gasteiger partial charge < -0.3 is 5.11 Å². The molecule has 0 spiro atoms. The number of benzene rings is 1. The predicted molar refractivity (Wildman–Crippen MR) is 51.2 cm³/mol. The van der Waals surface area contributed by atoms with E-state index in [9.17, 15) is 5.11 Å². The smallest absolute Gasteiger partial charge is 0.0991 e. The van der Waals surface area contributed by atoms with Crippen molar-refractivity contribution in [3.05, 3.63) is 35.4 Å². The summed E-state index contributed by atoms with van der Waals surface area (Å²) in [5.41, 5.74) is 0.918. The summed E-state index contributed by atoms with van der Waals surface area (Å²) in [4.78, 5) is 0. The molecule has 1 N–H and O–H groups in total. The Balaban J connectivity index is 2.86. The summed E-state index contributed by atoms with van der Waals surface area (Å²) < 4.78 is 0. The lowest BCUT2D eigenvalue weighted by atomic mass is 9.98. The largest absolute Gasteiger partial charge is 0.390 e. The average Bonchev–Trinajstić information content (AvgIpc) is 2.01. The highest BCUT2D eigenvalue weighted by molar-refractivity contribution is 5.33. The van der Waals surface area contributed by atoms with Crippen molar-refractivity contribution < 1.29 is 5.11 Å². The summed E-state index contributed by atoms with van der Waals surface area (Å²) in [5, 5.41) is 18.2. The highest BCUT2D eigenvalue weighted by Crippen LogP contribution is 2.13. The van der Waals surface area contributed by atoms with Gasteiger partial charge in [0, 0.05) is 6.42 Å². The monoisotopic (exact) mass is 175 g/mol. The van der Waals surface area contributed by atoms with Gasteiger partial charge in [0.2, 0.25) is 0 Å². The normalized spacial score (nSPS) is 10.9. The Hall–Kier alpha value is -1.33. The van der Waals surface area contributed by atoms with Crippen LogP contribution >= 0.6 is 0 Å². The van der Waals surface area contributed by atoms with E-state index in [2.05, 4.69) is 6.07 Å². The van der Waals surface area contributed by atoms with E-state index < -0.39 is 5.60 Å². The lowest BCUT2D eigenvalue weighted by molar-refractivity contribution is 0.0810. The summed E-state index contributed by atoms with van der Waals surface area (Å²) in [6.45, 7) is 3.51. The summed E-state index contributed by atoms with van der Waals surface area (Å²) in [7, 11) is 0. The number of nitriles is 1. The van der Waals surface area contributed by atoms with E-state index in [4.69, 9.17) is 5.26 Å². The van der Waals surface area contributed by atoms with Crippen LogP contribution in [0.1, 0.15) is 25.0 Å². The van der Waals surface area contributed by atoms with Crippen LogP contribution in [0.4, 0.5) is 0 Å². The lowest BCUT2D eigenvalue weighted by Crippen LogP contribution is -2.21. The standard InChI is InChI=1S/C11H13NO/c1-11(2,13)7-9-4-3-5-10(6-9)8-12/h3-6,13H,7H2,1-2H3. The van der Waals surface area contributed by atoms with Crippen LogP contribution in [0.25, 0.3) is 0 Å². The number of nitrogens with zero attached hydrogens (tertiary/aromatic N) is 1. The number of hydrogen-bond acceptors (Lipinski definition) is 2. The minimum absolute atomic E-state index is 0.572. The summed E-state index contributed by atoms with van der Waals surface area (Å²) >= 11 is 0. The van der Waals surface area contributed by atoms with Crippen LogP contribution < -0.4 is 0 Å². The van der Waals surface area contributed by atoms with Crippen molar-refractivity contribution in [2.45, 2.75) is 25.9 Å². The Morgan fingerprint density at radius 3 is 2.69 bits per heavy atom. The molecule has 0 aromatic heterocycles. The van der Waals surface area contributed by atoms with Crippen molar-refractivity contribution in [2.24, 2.45) is 0 Å². The SMILES string of the molecule is CC(C)(O)Cc1cccc(C#N)c1. The van der Waals surface area contributed by atoms with Crippen LogP contribution in [0.15, 0.2) is 24.3 Å². The maximum absolute atomic E-state index is 9.55. The highest BCUT2D eigenvalue weighted by Gasteiger charge is 2.13. The predicted octanol–water partition coefficient (Wildman–Crippen LogP) is 1.87. The van der Waals surface area contributed by atoms with Gasteiger partial charge in [0.05, 0.1) is 17.2 Å². The van der Waals surface area contributed by atoms with Crippen molar-refractivity contribution in [1.82, 2.24) is 0 Å². The molecule has 2 nitrogen and oxygen atoms in total. The molecule has 68 valence electrons. The molecule has 0 heterocycles. The minimum atomic E-state index is -0.714. The third-order valence-electron chi connectivity index (χ3n) is 1.69. The topological polar surface area (TPSA) is 44.0 Å². The van der Waals surface area contributed by atoms with Gasteiger partial charge >= 0.3 is 0 Å². The van der Waals surface area contributed by atoms with Crippen LogP contribution in [0, 0.1) is 11.3 Å². The molecule has 0 unspecified atom stereocenters. The molecule has 1 aromatic carbocycles. The molecule has 2 heteroatoms. The Kier molecular flexibility index (Phi) is 2.69. The van der Waals surface area contributed by atoms with Gasteiger partial charge in [0.15, 0.2) is 0 Å². The van der Waals surface area contributed by atoms with Gasteiger partial charge in [-0.05, 0) is 31.5 Å². The van der Waals surface area contributed by atoms with E-state index in [0.29, 0.717) is 12.0 Å². The van der Waals surface area contributed by atoms with Gasteiger partial charge in [-0.3, -0.25) is 0 Å². The van der Waals surface area contributed by atoms with Crippen LogP contribution in [-0.4, -0.2) is 10.7 Å². The molecule has 0 saturated carbocycles. The van der Waals surface area contributed by atoms with Gasteiger partial charge in [-0.25, -0.2) is 0 Å². The van der Waals surface area contributed by atoms with E-state index in [1.807, 2.05) is 12.1 Å². The zero-order valence-electron chi connectivity index (χ0n) is 7.91. The molecule has 0 aliphatic heterocycles. The third kappa shape index (κ3) is 3.27. The number of hydrogen-bond donors (Lipinski definition) is 1. The fraction of sp³-hybridized carbons (Fsp3) is 0.364. The van der Waals surface area contributed by atoms with Crippen molar-refractivity contribution in [1.29, 1.82) is 5.26 Å². The molecule has 1 aromatic rings. The second kappa shape index (κ2) is 3.59. The summed E-state index contributed by atoms with van der Waals surface area (Å²) in [6, 6.07) is 9.38. The molecule has 0 radical (unpaired) electrons. The fourth-order valence-electron chi connectivity index (χ4n) is 1.25. The first kappa shape index (κ1) is 9.76. The van der Waals surface area contributed by atoms with Crippen LogP contribution in [0.2, 0.25) is 0 Å². The lowest BCUT2D eigenvalue weighted by Gasteiger charge is -2.16. The first-order valence-electron chi connectivity index (χ1n) is 4.23. The van der Waals surface area contributed by atoms with Gasteiger partial charge in [0.1, 0.15) is 0 Å². The molecule has 1 rings (SSSR count). The van der Waals surface area contributed by atoms with Gasteiger partial charge in [-0.1, -0.05) is 12.1 Å². The van der Waals surface area contributed by atoms with E-state index in [-0.39, 0.29) is 0 Å². The number of rotatable bonds is 2. The highest BCUT2D eigenvalue weighted by atomic mass is 16.3. The summed E-state index contributed by atoms with van der Waals surface area (Å²) in [5.74, 6) is 0. The maximum Gasteiger partial charge on any atom is 0.0991 e. The van der Waals surface area contributed by atoms with Gasteiger partial charge in [-0.15, -0.1) is 0 Å². The van der Waals surface area contributed by atoms with E-state index in [1.165, 1.54) is 0 Å². The molecule has 0 aliphatic carbocycles. The van der Waals surface area contributed by atoms with E-state index >= 15 is 0 Å². The van der Waals surface area contributed by atoms with Crippen molar-refractivity contribution in [3.63, 3.8) is 0 Å². The van der Waals surface area contributed by atoms with Gasteiger partial charge in [-0.2, -0.15) is 5.26 Å². The molecular formula is C11H13NO. The van der Waals surface area contributed by atoms with Crippen LogP contribution in [0.5, 0.6) is 0 Å². The molecule has 0 aliphatic rings. The molecule has 0 bridgehead atoms. The van der Waals surface area contributed by atoms with Gasteiger partial charge in [0.25, 0.3) is 0 Å². The Labute approximate surface area is 78.4 Å². The van der Waals surface area contributed by atoms with Crippen LogP contribution in [0.3, 0.4) is 0 Å². The Morgan fingerprint density at radius 2 is 2.15 bits per heavy atom. The molecule has 0 saturated heterocycles. The first-order chi connectivity index (χ1) is 6.01. The second-order valence-electron chi connectivity index (χ2n) is 3.80. The zero-order valence-corrected chi connectivity index (χ0v) is 7.91. The summed E-state index contributed by atoms with van der Waals surface area (Å²) in [6.07, 6.45) is 0.572. The fourth-order valence-corrected chi connectivity index (χ4v) is 1.25. The maximum atomic E-state index is 9.55. The van der Waals surface area contributed by atoms with Crippen LogP contribution in [-0.2, 0) is 6.42 Å². The van der Waals surface area contributed by atoms with Crippen molar-refractivity contribution in [2.75, 3.05) is 0 Å². The van der Waals surface area contributed by atoms with E-state index in [1.54, 1.807) is 26.0 Å². The third-order valence-corrected chi connectivity index (χ3v) is 1.69. The molecule has 13 heavy (non-hydrogen) atoms. The Morgan fingerprint density at radius 1 is 1.46 bits per heavy atom. The van der Waals surface area contributed by atoms with Crippen molar-refractivity contribution in [3.8, 4) is 6.07 Å². The number of aliphatic hydroxyl groups is 1. The second-order valence-corrected chi connectivity index (χ2v) is 3.80. The minimum Gasteiger partial charge on any atom is -0.390 e. The molecule has 0 fully saturated rings. The van der Waals surface area contributed by atoms with E-state index in [0.717, 1.165) is 5.56 Å². The zero-order chi connectivity index (χ0) is 9.90. The molecule has 0 atom stereocenters. The van der Waals surface area contributed by atoms with Crippen molar-refractivity contribution >= 4 is 0 Å². The quantitative estimate of drug-likeness (QED) is 0.745. The molecule has 0 amide bonds.